The molecule has 0 aliphatic carbocycles. The fraction of sp³-hybridized carbons (Fsp3) is 0.105. The first-order valence-corrected chi connectivity index (χ1v) is 9.09. The summed E-state index contributed by atoms with van der Waals surface area (Å²) in [7, 11) is 1.59. The van der Waals surface area contributed by atoms with Crippen molar-refractivity contribution in [3.63, 3.8) is 0 Å². The number of rotatable bonds is 5. The molecule has 0 fully saturated rings. The first kappa shape index (κ1) is 17.8. The lowest BCUT2D eigenvalue weighted by molar-refractivity contribution is -0.116. The second-order valence-corrected chi connectivity index (χ2v) is 6.48. The Morgan fingerprint density at radius 3 is 2.75 bits per heavy atom. The topological polar surface area (TPSA) is 99.0 Å². The number of fused-ring (bicyclic) bond motifs is 1. The van der Waals surface area contributed by atoms with Crippen LogP contribution in [0.4, 0.5) is 5.69 Å². The van der Waals surface area contributed by atoms with Crippen molar-refractivity contribution in [1.82, 2.24) is 18.3 Å². The Morgan fingerprint density at radius 1 is 1.18 bits per heavy atom. The molecule has 0 aliphatic rings. The van der Waals surface area contributed by atoms with Gasteiger partial charge in [0.15, 0.2) is 0 Å². The minimum absolute atomic E-state index is 0.150. The molecule has 0 saturated heterocycles. The van der Waals surface area contributed by atoms with E-state index in [0.717, 1.165) is 23.0 Å². The van der Waals surface area contributed by atoms with E-state index < -0.39 is 0 Å². The smallest absolute Gasteiger partial charge is 0.254 e. The van der Waals surface area contributed by atoms with Gasteiger partial charge in [-0.05, 0) is 36.4 Å². The third-order valence-corrected chi connectivity index (χ3v) is 4.68. The number of carbonyl (C=O) groups is 1. The second-order valence-electron chi connectivity index (χ2n) is 5.95. The van der Waals surface area contributed by atoms with Crippen molar-refractivity contribution in [2.75, 3.05) is 12.4 Å². The van der Waals surface area contributed by atoms with Gasteiger partial charge in [-0.2, -0.15) is 8.75 Å². The number of carbonyl (C=O) groups excluding carboxylic acids is 1. The predicted octanol–water partition coefficient (Wildman–Crippen LogP) is 2.56. The fourth-order valence-corrected chi connectivity index (χ4v) is 3.27. The van der Waals surface area contributed by atoms with Gasteiger partial charge in [0.25, 0.3) is 5.56 Å². The van der Waals surface area contributed by atoms with Crippen LogP contribution in [0.15, 0.2) is 59.7 Å². The summed E-state index contributed by atoms with van der Waals surface area (Å²) in [5.41, 5.74) is 2.91. The number of hydrogen-bond acceptors (Lipinski definition) is 7. The molecule has 1 amide bonds. The quantitative estimate of drug-likeness (QED) is 0.559. The lowest BCUT2D eigenvalue weighted by Gasteiger charge is -2.08. The Bertz CT molecular complexity index is 1200. The Hall–Kier alpha value is -3.59. The van der Waals surface area contributed by atoms with E-state index in [1.54, 1.807) is 31.4 Å². The number of nitrogens with zero attached hydrogens (tertiary/aromatic N) is 4. The van der Waals surface area contributed by atoms with Crippen molar-refractivity contribution in [2.24, 2.45) is 0 Å². The van der Waals surface area contributed by atoms with E-state index in [9.17, 15) is 9.59 Å². The third kappa shape index (κ3) is 3.60. The first-order chi connectivity index (χ1) is 13.6. The Balaban J connectivity index is 1.51. The number of amides is 1. The van der Waals surface area contributed by atoms with Gasteiger partial charge < -0.3 is 10.1 Å². The highest BCUT2D eigenvalue weighted by molar-refractivity contribution is 7.00. The molecule has 0 bridgehead atoms. The number of ether oxygens (including phenoxy) is 1. The maximum Gasteiger partial charge on any atom is 0.254 e. The largest absolute Gasteiger partial charge is 0.497 e. The monoisotopic (exact) mass is 393 g/mol. The van der Waals surface area contributed by atoms with Crippen LogP contribution in [-0.2, 0) is 11.3 Å². The molecule has 0 spiro atoms. The summed E-state index contributed by atoms with van der Waals surface area (Å²) in [4.78, 5) is 29.0. The van der Waals surface area contributed by atoms with Gasteiger partial charge in [-0.3, -0.25) is 14.2 Å². The highest BCUT2D eigenvalue weighted by Gasteiger charge is 2.11. The van der Waals surface area contributed by atoms with Crippen molar-refractivity contribution < 1.29 is 9.53 Å². The molecule has 4 aromatic rings. The molecular weight excluding hydrogens is 378 g/mol. The first-order valence-electron chi connectivity index (χ1n) is 8.36. The van der Waals surface area contributed by atoms with Crippen LogP contribution in [0.5, 0.6) is 5.75 Å². The van der Waals surface area contributed by atoms with Crippen LogP contribution in [0.1, 0.15) is 0 Å². The van der Waals surface area contributed by atoms with Gasteiger partial charge in [0.05, 0.1) is 36.5 Å². The third-order valence-electron chi connectivity index (χ3n) is 4.14. The van der Waals surface area contributed by atoms with Crippen LogP contribution >= 0.6 is 11.7 Å². The molecule has 28 heavy (non-hydrogen) atoms. The minimum atomic E-state index is -0.346. The number of methoxy groups -OCH3 is 1. The van der Waals surface area contributed by atoms with Crippen LogP contribution in [-0.4, -0.2) is 31.3 Å². The molecule has 9 heteroatoms. The van der Waals surface area contributed by atoms with Gasteiger partial charge in [0.1, 0.15) is 23.3 Å². The SMILES string of the molecule is COc1ccc(-c2cc(=O)n(CC(=O)Nc3cccc4nsnc34)cn2)cc1. The van der Waals surface area contributed by atoms with Gasteiger partial charge in [-0.15, -0.1) is 0 Å². The van der Waals surface area contributed by atoms with Crippen LogP contribution in [0.25, 0.3) is 22.3 Å². The van der Waals surface area contributed by atoms with Crippen LogP contribution in [0, 0.1) is 0 Å². The zero-order chi connectivity index (χ0) is 19.5. The van der Waals surface area contributed by atoms with Crippen LogP contribution in [0.3, 0.4) is 0 Å². The van der Waals surface area contributed by atoms with E-state index in [0.29, 0.717) is 22.4 Å². The van der Waals surface area contributed by atoms with E-state index in [1.807, 2.05) is 18.2 Å². The molecule has 1 N–H and O–H groups in total. The van der Waals surface area contributed by atoms with Gasteiger partial charge in [0, 0.05) is 11.6 Å². The maximum atomic E-state index is 12.4. The minimum Gasteiger partial charge on any atom is -0.497 e. The van der Waals surface area contributed by atoms with E-state index >= 15 is 0 Å². The standard InChI is InChI=1S/C19H15N5O3S/c1-27-13-7-5-12(6-8-13)16-9-18(26)24(11-20-16)10-17(25)21-14-3-2-4-15-19(14)23-28-22-15/h2-9,11H,10H2,1H3,(H,21,25). The lowest BCUT2D eigenvalue weighted by atomic mass is 10.1. The van der Waals surface area contributed by atoms with Gasteiger partial charge in [-0.1, -0.05) is 6.07 Å². The molecule has 0 saturated carbocycles. The van der Waals surface area contributed by atoms with E-state index in [4.69, 9.17) is 4.74 Å². The maximum absolute atomic E-state index is 12.4. The number of nitrogens with one attached hydrogen (secondary N) is 1. The number of benzene rings is 2. The molecule has 2 heterocycles. The lowest BCUT2D eigenvalue weighted by Crippen LogP contribution is -2.27. The van der Waals surface area contributed by atoms with Gasteiger partial charge >= 0.3 is 0 Å². The Kier molecular flexibility index (Phi) is 4.81. The summed E-state index contributed by atoms with van der Waals surface area (Å²) in [6.07, 6.45) is 1.37. The van der Waals surface area contributed by atoms with Crippen LogP contribution < -0.4 is 15.6 Å². The second kappa shape index (κ2) is 7.57. The number of aromatic nitrogens is 4. The zero-order valence-corrected chi connectivity index (χ0v) is 15.6. The molecule has 0 unspecified atom stereocenters. The molecule has 8 nitrogen and oxygen atoms in total. The number of anilines is 1. The van der Waals surface area contributed by atoms with Crippen molar-refractivity contribution in [3.8, 4) is 17.0 Å². The molecular formula is C19H15N5O3S. The van der Waals surface area contributed by atoms with E-state index in [-0.39, 0.29) is 18.0 Å². The molecule has 0 radical (unpaired) electrons. The summed E-state index contributed by atoms with van der Waals surface area (Å²) >= 11 is 1.08. The van der Waals surface area contributed by atoms with E-state index in [2.05, 4.69) is 19.0 Å². The van der Waals surface area contributed by atoms with Crippen molar-refractivity contribution >= 4 is 34.4 Å². The van der Waals surface area contributed by atoms with Crippen molar-refractivity contribution in [2.45, 2.75) is 6.54 Å². The highest BCUT2D eigenvalue weighted by Crippen LogP contribution is 2.21. The average molecular weight is 393 g/mol. The summed E-state index contributed by atoms with van der Waals surface area (Å²) in [5, 5.41) is 2.77. The van der Waals surface area contributed by atoms with E-state index in [1.165, 1.54) is 17.0 Å². The molecule has 0 aliphatic heterocycles. The summed E-state index contributed by atoms with van der Waals surface area (Å²) in [6.45, 7) is -0.150. The highest BCUT2D eigenvalue weighted by atomic mass is 32.1. The zero-order valence-electron chi connectivity index (χ0n) is 14.8. The van der Waals surface area contributed by atoms with Crippen molar-refractivity contribution in [1.29, 1.82) is 0 Å². The predicted molar refractivity (Wildman–Crippen MR) is 107 cm³/mol. The summed E-state index contributed by atoms with van der Waals surface area (Å²) in [5.74, 6) is 0.376. The Labute approximate surface area is 163 Å². The summed E-state index contributed by atoms with van der Waals surface area (Å²) in [6, 6.07) is 14.0. The molecule has 2 aromatic carbocycles. The van der Waals surface area contributed by atoms with Crippen molar-refractivity contribution in [3.05, 3.63) is 65.2 Å². The normalized spacial score (nSPS) is 10.8. The van der Waals surface area contributed by atoms with Gasteiger partial charge in [0.2, 0.25) is 5.91 Å². The molecule has 140 valence electrons. The molecule has 4 rings (SSSR count). The Morgan fingerprint density at radius 2 is 2.00 bits per heavy atom. The average Bonchev–Trinajstić information content (AvgIpc) is 3.19. The summed E-state index contributed by atoms with van der Waals surface area (Å²) < 4.78 is 14.7. The molecule has 0 atom stereocenters. The fourth-order valence-electron chi connectivity index (χ4n) is 2.72. The van der Waals surface area contributed by atoms with Gasteiger partial charge in [-0.25, -0.2) is 4.98 Å². The van der Waals surface area contributed by atoms with Crippen LogP contribution in [0.2, 0.25) is 0 Å². The number of hydrogen-bond donors (Lipinski definition) is 1. The molecule has 2 aromatic heterocycles.